The maximum atomic E-state index is 12.3. The maximum Gasteiger partial charge on any atom is 0.311 e. The van der Waals surface area contributed by atoms with Gasteiger partial charge in [-0.15, -0.1) is 0 Å². The van der Waals surface area contributed by atoms with Crippen LogP contribution in [0.4, 0.5) is 5.69 Å². The number of nitrogens with zero attached hydrogens (tertiary/aromatic N) is 1. The van der Waals surface area contributed by atoms with Gasteiger partial charge in [-0.2, -0.15) is 0 Å². The van der Waals surface area contributed by atoms with Gasteiger partial charge in [0.25, 0.3) is 5.91 Å². The highest BCUT2D eigenvalue weighted by molar-refractivity contribution is 6.00. The number of aryl methyl sites for hydroxylation is 1. The summed E-state index contributed by atoms with van der Waals surface area (Å²) in [6.45, 7) is 1.85. The van der Waals surface area contributed by atoms with Gasteiger partial charge in [-0.1, -0.05) is 6.07 Å². The van der Waals surface area contributed by atoms with Crippen LogP contribution < -0.4 is 15.0 Å². The molecule has 0 spiro atoms. The Morgan fingerprint density at radius 2 is 2.08 bits per heavy atom. The van der Waals surface area contributed by atoms with E-state index in [2.05, 4.69) is 5.32 Å². The number of carbonyl (C=O) groups excluding carboxylic acids is 3. The monoisotopic (exact) mass is 346 g/mol. The lowest BCUT2D eigenvalue weighted by Crippen LogP contribution is -2.32. The lowest BCUT2D eigenvalue weighted by Gasteiger charge is -2.20. The van der Waals surface area contributed by atoms with Gasteiger partial charge in [0.1, 0.15) is 5.75 Å². The molecule has 3 rings (SSSR count). The molecule has 7 heteroatoms. The minimum absolute atomic E-state index is 0.0696. The van der Waals surface area contributed by atoms with Crippen molar-refractivity contribution in [2.24, 2.45) is 5.92 Å². The van der Waals surface area contributed by atoms with Gasteiger partial charge in [-0.3, -0.25) is 14.4 Å². The summed E-state index contributed by atoms with van der Waals surface area (Å²) >= 11 is 0. The summed E-state index contributed by atoms with van der Waals surface area (Å²) in [5.41, 5.74) is 1.64. The van der Waals surface area contributed by atoms with Gasteiger partial charge < -0.3 is 19.7 Å². The number of amides is 2. The molecule has 1 aliphatic heterocycles. The van der Waals surface area contributed by atoms with E-state index in [0.29, 0.717) is 11.4 Å². The molecule has 7 nitrogen and oxygen atoms in total. The Morgan fingerprint density at radius 1 is 1.32 bits per heavy atom. The van der Waals surface area contributed by atoms with E-state index in [0.717, 1.165) is 18.4 Å². The van der Waals surface area contributed by atoms with E-state index in [1.54, 1.807) is 18.1 Å². The SMILES string of the molecule is COc1ccc(C)cc1N1C[C@H](C(=O)OCC(=O)NC2CC2)CC1=O. The van der Waals surface area contributed by atoms with Gasteiger partial charge in [0.2, 0.25) is 5.91 Å². The summed E-state index contributed by atoms with van der Waals surface area (Å²) in [5, 5.41) is 2.75. The highest BCUT2D eigenvalue weighted by atomic mass is 16.5. The lowest BCUT2D eigenvalue weighted by molar-refractivity contribution is -0.152. The average molecular weight is 346 g/mol. The van der Waals surface area contributed by atoms with Gasteiger partial charge in [0.15, 0.2) is 6.61 Å². The Balaban J connectivity index is 1.60. The van der Waals surface area contributed by atoms with Crippen molar-refractivity contribution in [1.29, 1.82) is 0 Å². The third kappa shape index (κ3) is 4.10. The van der Waals surface area contributed by atoms with E-state index in [9.17, 15) is 14.4 Å². The molecule has 2 amide bonds. The first-order valence-corrected chi connectivity index (χ1v) is 8.39. The molecule has 0 radical (unpaired) electrons. The van der Waals surface area contributed by atoms with Crippen LogP contribution in [-0.2, 0) is 19.1 Å². The maximum absolute atomic E-state index is 12.3. The molecule has 25 heavy (non-hydrogen) atoms. The molecule has 2 fully saturated rings. The van der Waals surface area contributed by atoms with E-state index in [4.69, 9.17) is 9.47 Å². The molecule has 1 N–H and O–H groups in total. The predicted octanol–water partition coefficient (Wildman–Crippen LogP) is 1.18. The van der Waals surface area contributed by atoms with Crippen molar-refractivity contribution < 1.29 is 23.9 Å². The molecule has 1 aliphatic carbocycles. The molecule has 2 aliphatic rings. The van der Waals surface area contributed by atoms with Crippen molar-refractivity contribution in [3.8, 4) is 5.75 Å². The van der Waals surface area contributed by atoms with Crippen LogP contribution in [0.25, 0.3) is 0 Å². The Hall–Kier alpha value is -2.57. The second-order valence-electron chi connectivity index (χ2n) is 6.53. The van der Waals surface area contributed by atoms with Gasteiger partial charge in [-0.25, -0.2) is 0 Å². The third-order valence-electron chi connectivity index (χ3n) is 4.37. The van der Waals surface area contributed by atoms with Crippen molar-refractivity contribution in [2.75, 3.05) is 25.2 Å². The van der Waals surface area contributed by atoms with Crippen molar-refractivity contribution in [1.82, 2.24) is 5.32 Å². The van der Waals surface area contributed by atoms with E-state index in [1.165, 1.54) is 0 Å². The zero-order chi connectivity index (χ0) is 18.0. The molecule has 1 atom stereocenters. The molecule has 1 saturated heterocycles. The number of benzene rings is 1. The van der Waals surface area contributed by atoms with Crippen LogP contribution in [0.3, 0.4) is 0 Å². The molecule has 1 aromatic carbocycles. The van der Waals surface area contributed by atoms with Gasteiger partial charge in [-0.05, 0) is 37.5 Å². The number of ether oxygens (including phenoxy) is 2. The topological polar surface area (TPSA) is 84.9 Å². The van der Waals surface area contributed by atoms with Crippen molar-refractivity contribution in [2.45, 2.75) is 32.2 Å². The summed E-state index contributed by atoms with van der Waals surface area (Å²) in [6, 6.07) is 5.77. The fourth-order valence-corrected chi connectivity index (χ4v) is 2.86. The quantitative estimate of drug-likeness (QED) is 0.782. The molecule has 134 valence electrons. The van der Waals surface area contributed by atoms with Crippen molar-refractivity contribution in [3.05, 3.63) is 23.8 Å². The first-order valence-electron chi connectivity index (χ1n) is 8.39. The molecule has 0 unspecified atom stereocenters. The molecular weight excluding hydrogens is 324 g/mol. The highest BCUT2D eigenvalue weighted by Gasteiger charge is 2.37. The number of rotatable bonds is 6. The van der Waals surface area contributed by atoms with Crippen LogP contribution in [0, 0.1) is 12.8 Å². The Bertz CT molecular complexity index is 699. The van der Waals surface area contributed by atoms with Crippen molar-refractivity contribution >= 4 is 23.5 Å². The normalized spacial score (nSPS) is 19.7. The largest absolute Gasteiger partial charge is 0.495 e. The summed E-state index contributed by atoms with van der Waals surface area (Å²) in [7, 11) is 1.54. The van der Waals surface area contributed by atoms with Crippen LogP contribution in [0.15, 0.2) is 18.2 Å². The van der Waals surface area contributed by atoms with Gasteiger partial charge in [0.05, 0.1) is 18.7 Å². The summed E-state index contributed by atoms with van der Waals surface area (Å²) < 4.78 is 10.4. The number of hydrogen-bond donors (Lipinski definition) is 1. The lowest BCUT2D eigenvalue weighted by atomic mass is 10.1. The Morgan fingerprint density at radius 3 is 2.76 bits per heavy atom. The molecule has 1 saturated carbocycles. The Labute approximate surface area is 146 Å². The van der Waals surface area contributed by atoms with Crippen LogP contribution >= 0.6 is 0 Å². The standard InChI is InChI=1S/C18H22N2O5/c1-11-3-6-15(24-2)14(7-11)20-9-12(8-17(20)22)18(23)25-10-16(21)19-13-4-5-13/h3,6-7,12-13H,4-5,8-10H2,1-2H3,(H,19,21)/t12-/m1/s1. The van der Waals surface area contributed by atoms with Gasteiger partial charge >= 0.3 is 5.97 Å². The van der Waals surface area contributed by atoms with E-state index >= 15 is 0 Å². The summed E-state index contributed by atoms with van der Waals surface area (Å²) in [5.74, 6) is -0.970. The second kappa shape index (κ2) is 7.13. The zero-order valence-corrected chi connectivity index (χ0v) is 14.4. The first kappa shape index (κ1) is 17.3. The molecular formula is C18H22N2O5. The van der Waals surface area contributed by atoms with Crippen LogP contribution in [0.2, 0.25) is 0 Å². The Kier molecular flexibility index (Phi) is 4.92. The number of carbonyl (C=O) groups is 3. The minimum Gasteiger partial charge on any atom is -0.495 e. The van der Waals surface area contributed by atoms with E-state index in [1.807, 2.05) is 19.1 Å². The summed E-state index contributed by atoms with van der Waals surface area (Å²) in [4.78, 5) is 37.7. The van der Waals surface area contributed by atoms with Crippen LogP contribution in [0.1, 0.15) is 24.8 Å². The zero-order valence-electron chi connectivity index (χ0n) is 14.4. The average Bonchev–Trinajstić information content (AvgIpc) is 3.31. The van der Waals surface area contributed by atoms with E-state index in [-0.39, 0.29) is 37.4 Å². The number of nitrogens with one attached hydrogen (secondary N) is 1. The summed E-state index contributed by atoms with van der Waals surface area (Å²) in [6.07, 6.45) is 2.02. The predicted molar refractivity (Wildman–Crippen MR) is 90.3 cm³/mol. The van der Waals surface area contributed by atoms with Crippen LogP contribution in [-0.4, -0.2) is 44.1 Å². The minimum atomic E-state index is -0.577. The number of hydrogen-bond acceptors (Lipinski definition) is 5. The van der Waals surface area contributed by atoms with Crippen molar-refractivity contribution in [3.63, 3.8) is 0 Å². The smallest absolute Gasteiger partial charge is 0.311 e. The molecule has 1 heterocycles. The number of methoxy groups -OCH3 is 1. The number of esters is 1. The fourth-order valence-electron chi connectivity index (χ4n) is 2.86. The van der Waals surface area contributed by atoms with E-state index < -0.39 is 11.9 Å². The first-order chi connectivity index (χ1) is 12.0. The number of anilines is 1. The fraction of sp³-hybridized carbons (Fsp3) is 0.500. The second-order valence-corrected chi connectivity index (χ2v) is 6.53. The van der Waals surface area contributed by atoms with Gasteiger partial charge in [0, 0.05) is 19.0 Å². The highest BCUT2D eigenvalue weighted by Crippen LogP contribution is 2.34. The third-order valence-corrected chi connectivity index (χ3v) is 4.37. The molecule has 1 aromatic rings. The molecule has 0 aromatic heterocycles. The molecule has 0 bridgehead atoms. The van der Waals surface area contributed by atoms with Crippen LogP contribution in [0.5, 0.6) is 5.75 Å².